The third-order valence-corrected chi connectivity index (χ3v) is 4.78. The molecule has 112 valence electrons. The lowest BCUT2D eigenvalue weighted by Crippen LogP contribution is -2.35. The molecule has 1 atom stereocenters. The van der Waals surface area contributed by atoms with E-state index in [2.05, 4.69) is 12.3 Å². The molecule has 0 radical (unpaired) electrons. The van der Waals surface area contributed by atoms with Gasteiger partial charge in [-0.1, -0.05) is 44.7 Å². The van der Waals surface area contributed by atoms with Crippen LogP contribution in [-0.2, 0) is 0 Å². The number of hydrogen-bond donors (Lipinski definition) is 2. The van der Waals surface area contributed by atoms with E-state index in [-0.39, 0.29) is 11.9 Å². The van der Waals surface area contributed by atoms with Crippen LogP contribution in [0.3, 0.4) is 0 Å². The van der Waals surface area contributed by atoms with Gasteiger partial charge in [-0.2, -0.15) is 0 Å². The Balaban J connectivity index is 2.03. The Morgan fingerprint density at radius 3 is 2.55 bits per heavy atom. The van der Waals surface area contributed by atoms with E-state index in [9.17, 15) is 4.39 Å². The normalized spacial score (nSPS) is 24.6. The Kier molecular flexibility index (Phi) is 5.55. The molecule has 20 heavy (non-hydrogen) atoms. The number of aryl methyl sites for hydroxylation is 1. The largest absolute Gasteiger partial charge is 0.271 e. The van der Waals surface area contributed by atoms with E-state index >= 15 is 0 Å². The lowest BCUT2D eigenvalue weighted by Gasteiger charge is -2.34. The number of hydrazine groups is 1. The van der Waals surface area contributed by atoms with Crippen LogP contribution < -0.4 is 11.3 Å². The summed E-state index contributed by atoms with van der Waals surface area (Å²) in [7, 11) is 0. The first-order chi connectivity index (χ1) is 9.65. The smallest absolute Gasteiger partial charge is 0.126 e. The molecule has 1 fully saturated rings. The van der Waals surface area contributed by atoms with E-state index in [1.165, 1.54) is 38.5 Å². The summed E-state index contributed by atoms with van der Waals surface area (Å²) in [6.45, 7) is 4.07. The maximum atomic E-state index is 13.4. The fourth-order valence-corrected chi connectivity index (χ4v) is 3.58. The lowest BCUT2D eigenvalue weighted by molar-refractivity contribution is 0.215. The topological polar surface area (TPSA) is 38.0 Å². The Morgan fingerprint density at radius 2 is 2.00 bits per heavy atom. The lowest BCUT2D eigenvalue weighted by atomic mass is 9.75. The van der Waals surface area contributed by atoms with Crippen LogP contribution in [0, 0.1) is 24.6 Å². The fraction of sp³-hybridized carbons (Fsp3) is 0.647. The van der Waals surface area contributed by atoms with Gasteiger partial charge >= 0.3 is 0 Å². The van der Waals surface area contributed by atoms with Crippen molar-refractivity contribution in [3.63, 3.8) is 0 Å². The quantitative estimate of drug-likeness (QED) is 0.624. The molecule has 1 aliphatic carbocycles. The summed E-state index contributed by atoms with van der Waals surface area (Å²) in [5.74, 6) is 7.09. The maximum absolute atomic E-state index is 13.4. The second-order valence-corrected chi connectivity index (χ2v) is 6.22. The molecule has 1 saturated carbocycles. The second kappa shape index (κ2) is 7.19. The SMILES string of the molecule is CCCC1CCC(C(NN)c2ccc(F)c(C)c2)CC1. The van der Waals surface area contributed by atoms with Crippen molar-refractivity contribution in [2.45, 2.75) is 58.4 Å². The Bertz CT molecular complexity index is 425. The minimum Gasteiger partial charge on any atom is -0.271 e. The number of rotatable bonds is 5. The molecule has 1 unspecified atom stereocenters. The van der Waals surface area contributed by atoms with Gasteiger partial charge in [0.15, 0.2) is 0 Å². The second-order valence-electron chi connectivity index (χ2n) is 6.22. The van der Waals surface area contributed by atoms with Crippen molar-refractivity contribution in [3.05, 3.63) is 35.1 Å². The molecule has 1 aromatic carbocycles. The molecule has 1 aliphatic rings. The van der Waals surface area contributed by atoms with Gasteiger partial charge in [0.2, 0.25) is 0 Å². The highest BCUT2D eigenvalue weighted by Crippen LogP contribution is 2.38. The zero-order valence-electron chi connectivity index (χ0n) is 12.7. The summed E-state index contributed by atoms with van der Waals surface area (Å²) in [5.41, 5.74) is 4.77. The third kappa shape index (κ3) is 3.58. The molecule has 3 heteroatoms. The van der Waals surface area contributed by atoms with Crippen LogP contribution in [0.4, 0.5) is 4.39 Å². The summed E-state index contributed by atoms with van der Waals surface area (Å²) >= 11 is 0. The van der Waals surface area contributed by atoms with Gasteiger partial charge < -0.3 is 0 Å². The third-order valence-electron chi connectivity index (χ3n) is 4.78. The molecule has 0 saturated heterocycles. The standard InChI is InChI=1S/C17H27FN2/c1-3-4-13-5-7-14(8-6-13)17(20-19)15-9-10-16(18)12(2)11-15/h9-11,13-14,17,20H,3-8,19H2,1-2H3. The molecule has 0 aromatic heterocycles. The zero-order valence-corrected chi connectivity index (χ0v) is 12.7. The van der Waals surface area contributed by atoms with Crippen molar-refractivity contribution < 1.29 is 4.39 Å². The molecule has 0 heterocycles. The van der Waals surface area contributed by atoms with Crippen molar-refractivity contribution in [1.29, 1.82) is 0 Å². The average molecular weight is 278 g/mol. The van der Waals surface area contributed by atoms with E-state index in [1.54, 1.807) is 6.07 Å². The van der Waals surface area contributed by atoms with E-state index in [1.807, 2.05) is 19.1 Å². The van der Waals surface area contributed by atoms with E-state index in [0.717, 1.165) is 11.5 Å². The van der Waals surface area contributed by atoms with Gasteiger partial charge in [-0.15, -0.1) is 0 Å². The van der Waals surface area contributed by atoms with Gasteiger partial charge in [-0.05, 0) is 48.8 Å². The van der Waals surface area contributed by atoms with Crippen molar-refractivity contribution in [1.82, 2.24) is 5.43 Å². The van der Waals surface area contributed by atoms with E-state index in [4.69, 9.17) is 5.84 Å². The molecule has 0 bridgehead atoms. The average Bonchev–Trinajstić information content (AvgIpc) is 2.46. The highest BCUT2D eigenvalue weighted by atomic mass is 19.1. The molecule has 3 N–H and O–H groups in total. The molecule has 1 aromatic rings. The summed E-state index contributed by atoms with van der Waals surface area (Å²) in [5, 5.41) is 0. The number of benzene rings is 1. The first-order valence-corrected chi connectivity index (χ1v) is 7.87. The van der Waals surface area contributed by atoms with Crippen molar-refractivity contribution in [3.8, 4) is 0 Å². The minimum absolute atomic E-state index is 0.142. The van der Waals surface area contributed by atoms with Gasteiger partial charge in [0.1, 0.15) is 5.82 Å². The molecular formula is C17H27FN2. The van der Waals surface area contributed by atoms with Crippen LogP contribution in [0.25, 0.3) is 0 Å². The van der Waals surface area contributed by atoms with E-state index in [0.29, 0.717) is 11.5 Å². The Hall–Kier alpha value is -0.930. The maximum Gasteiger partial charge on any atom is 0.126 e. The first-order valence-electron chi connectivity index (χ1n) is 7.87. The van der Waals surface area contributed by atoms with Crippen molar-refractivity contribution in [2.24, 2.45) is 17.7 Å². The number of nitrogens with one attached hydrogen (secondary N) is 1. The van der Waals surface area contributed by atoms with Gasteiger partial charge in [0.25, 0.3) is 0 Å². The summed E-state index contributed by atoms with van der Waals surface area (Å²) in [6, 6.07) is 5.50. The number of nitrogens with two attached hydrogens (primary N) is 1. The number of halogens is 1. The molecule has 0 spiro atoms. The van der Waals surface area contributed by atoms with Gasteiger partial charge in [0, 0.05) is 6.04 Å². The predicted octanol–water partition coefficient (Wildman–Crippen LogP) is 4.25. The molecule has 2 rings (SSSR count). The van der Waals surface area contributed by atoms with Gasteiger partial charge in [-0.25, -0.2) is 4.39 Å². The van der Waals surface area contributed by atoms with E-state index < -0.39 is 0 Å². The zero-order chi connectivity index (χ0) is 14.5. The molecule has 2 nitrogen and oxygen atoms in total. The first kappa shape index (κ1) is 15.5. The Labute approximate surface area is 121 Å². The van der Waals surface area contributed by atoms with Gasteiger partial charge in [0.05, 0.1) is 0 Å². The fourth-order valence-electron chi connectivity index (χ4n) is 3.58. The van der Waals surface area contributed by atoms with Gasteiger partial charge in [-0.3, -0.25) is 11.3 Å². The highest BCUT2D eigenvalue weighted by molar-refractivity contribution is 5.27. The molecular weight excluding hydrogens is 251 g/mol. The van der Waals surface area contributed by atoms with Crippen molar-refractivity contribution in [2.75, 3.05) is 0 Å². The van der Waals surface area contributed by atoms with Crippen molar-refractivity contribution >= 4 is 0 Å². The van der Waals surface area contributed by atoms with Crippen LogP contribution in [0.5, 0.6) is 0 Å². The summed E-state index contributed by atoms with van der Waals surface area (Å²) < 4.78 is 13.4. The molecule has 0 aliphatic heterocycles. The predicted molar refractivity (Wildman–Crippen MR) is 81.6 cm³/mol. The van der Waals surface area contributed by atoms with Crippen LogP contribution in [-0.4, -0.2) is 0 Å². The van der Waals surface area contributed by atoms with Crippen LogP contribution in [0.2, 0.25) is 0 Å². The summed E-state index contributed by atoms with van der Waals surface area (Å²) in [4.78, 5) is 0. The highest BCUT2D eigenvalue weighted by Gasteiger charge is 2.27. The van der Waals surface area contributed by atoms with Crippen LogP contribution >= 0.6 is 0 Å². The Morgan fingerprint density at radius 1 is 1.30 bits per heavy atom. The monoisotopic (exact) mass is 278 g/mol. The van der Waals surface area contributed by atoms with Crippen LogP contribution in [0.15, 0.2) is 18.2 Å². The summed E-state index contributed by atoms with van der Waals surface area (Å²) in [6.07, 6.45) is 7.67. The minimum atomic E-state index is -0.142. The molecule has 0 amide bonds. The van der Waals surface area contributed by atoms with Crippen LogP contribution in [0.1, 0.15) is 62.6 Å². The number of hydrogen-bond acceptors (Lipinski definition) is 2.